The molecule has 182 valence electrons. The lowest BCUT2D eigenvalue weighted by Crippen LogP contribution is -2.30. The molecule has 33 heavy (non-hydrogen) atoms. The van der Waals surface area contributed by atoms with Crippen LogP contribution in [0.15, 0.2) is 23.2 Å². The molecule has 11 heteroatoms. The van der Waals surface area contributed by atoms with Crippen LogP contribution in [-0.2, 0) is 4.43 Å². The fraction of sp³-hybridized carbons (Fsp3) is 0.409. The van der Waals surface area contributed by atoms with Gasteiger partial charge in [0, 0.05) is 6.21 Å². The first kappa shape index (κ1) is 27.0. The van der Waals surface area contributed by atoms with E-state index in [1.165, 1.54) is 7.11 Å². The van der Waals surface area contributed by atoms with Crippen LogP contribution in [0.3, 0.4) is 0 Å². The minimum atomic E-state index is -2.21. The zero-order chi connectivity index (χ0) is 25.1. The number of aliphatic imine (C=N–C) groups is 1. The van der Waals surface area contributed by atoms with Gasteiger partial charge in [0.15, 0.2) is 37.3 Å². The molecule has 0 aliphatic heterocycles. The van der Waals surface area contributed by atoms with Crippen molar-refractivity contribution in [2.45, 2.75) is 45.4 Å². The highest BCUT2D eigenvalue weighted by atomic mass is 28.4. The molecule has 2 aromatic carbocycles. The molecule has 0 heterocycles. The fourth-order valence-electron chi connectivity index (χ4n) is 2.91. The van der Waals surface area contributed by atoms with Crippen LogP contribution in [0.2, 0.25) is 39.3 Å². The van der Waals surface area contributed by atoms with E-state index in [0.717, 1.165) is 0 Å². The fourth-order valence-corrected chi connectivity index (χ4v) is 4.80. The van der Waals surface area contributed by atoms with Gasteiger partial charge >= 0.3 is 0 Å². The van der Waals surface area contributed by atoms with Crippen molar-refractivity contribution in [1.29, 1.82) is 0 Å². The first-order valence-corrected chi connectivity index (χ1v) is 17.0. The van der Waals surface area contributed by atoms with E-state index in [1.54, 1.807) is 18.2 Å². The molecule has 4 nitrogen and oxygen atoms in total. The summed E-state index contributed by atoms with van der Waals surface area (Å²) >= 11 is 0. The smallest absolute Gasteiger partial charge is 0.242 e. The van der Waals surface area contributed by atoms with Crippen molar-refractivity contribution in [3.8, 4) is 11.5 Å². The Kier molecular flexibility index (Phi) is 8.47. The lowest BCUT2D eigenvalue weighted by molar-refractivity contribution is 0.206. The summed E-state index contributed by atoms with van der Waals surface area (Å²) in [5.74, 6) is -9.06. The lowest BCUT2D eigenvalue weighted by Gasteiger charge is -2.27. The minimum Gasteiger partial charge on any atom is -0.542 e. The number of hydrogen-bond donors (Lipinski definition) is 0. The van der Waals surface area contributed by atoms with E-state index in [2.05, 4.69) is 4.99 Å². The van der Waals surface area contributed by atoms with E-state index in [1.807, 2.05) is 39.3 Å². The quantitative estimate of drug-likeness (QED) is 0.126. The van der Waals surface area contributed by atoms with Crippen molar-refractivity contribution >= 4 is 22.8 Å². The van der Waals surface area contributed by atoms with Crippen LogP contribution in [0.25, 0.3) is 0 Å². The molecule has 0 saturated carbocycles. The third kappa shape index (κ3) is 7.12. The van der Waals surface area contributed by atoms with Crippen LogP contribution < -0.4 is 9.16 Å². The Morgan fingerprint density at radius 1 is 0.818 bits per heavy atom. The summed E-state index contributed by atoms with van der Waals surface area (Å²) in [6, 6.07) is 5.26. The van der Waals surface area contributed by atoms with Crippen molar-refractivity contribution in [3.05, 3.63) is 58.4 Å². The number of methoxy groups -OCH3 is 1. The molecule has 0 aromatic heterocycles. The maximum atomic E-state index is 13.9. The standard InChI is InChI=1S/C22H28F5NO3Si2/c1-29-16-10-13(8-9-15(16)30-32(2,3)4)17(31-33(5,6)7)12-28-11-14-18(23)20(25)22(27)21(26)19(14)24/h8-11,17H,12H2,1-7H3. The third-order valence-corrected chi connectivity index (χ3v) is 6.03. The molecule has 0 spiro atoms. The van der Waals surface area contributed by atoms with Gasteiger partial charge in [0.25, 0.3) is 0 Å². The van der Waals surface area contributed by atoms with E-state index >= 15 is 0 Å². The Morgan fingerprint density at radius 3 is 1.85 bits per heavy atom. The number of benzene rings is 2. The summed E-state index contributed by atoms with van der Waals surface area (Å²) in [6.45, 7) is 11.8. The summed E-state index contributed by atoms with van der Waals surface area (Å²) in [6.07, 6.45) is 0.000499. The summed E-state index contributed by atoms with van der Waals surface area (Å²) in [7, 11) is -2.51. The SMILES string of the molecule is COc1cc(C(CN=Cc2c(F)c(F)c(F)c(F)c2F)O[Si](C)(C)C)ccc1O[Si](C)(C)C. The summed E-state index contributed by atoms with van der Waals surface area (Å²) in [5, 5.41) is 0. The van der Waals surface area contributed by atoms with Crippen LogP contribution in [0, 0.1) is 29.1 Å². The molecule has 0 fully saturated rings. The van der Waals surface area contributed by atoms with Gasteiger partial charge < -0.3 is 13.6 Å². The number of rotatable bonds is 9. The van der Waals surface area contributed by atoms with Gasteiger partial charge in [0.2, 0.25) is 14.1 Å². The number of nitrogens with zero attached hydrogens (tertiary/aromatic N) is 1. The molecule has 0 radical (unpaired) electrons. The highest BCUT2D eigenvalue weighted by molar-refractivity contribution is 6.70. The normalized spacial score (nSPS) is 13.5. The summed E-state index contributed by atoms with van der Waals surface area (Å²) < 4.78 is 85.7. The Labute approximate surface area is 192 Å². The van der Waals surface area contributed by atoms with Gasteiger partial charge in [-0.25, -0.2) is 22.0 Å². The van der Waals surface area contributed by atoms with Crippen molar-refractivity contribution in [1.82, 2.24) is 0 Å². The number of hydrogen-bond acceptors (Lipinski definition) is 4. The average molecular weight is 506 g/mol. The number of ether oxygens (including phenoxy) is 1. The maximum absolute atomic E-state index is 13.9. The zero-order valence-electron chi connectivity index (χ0n) is 19.7. The monoisotopic (exact) mass is 505 g/mol. The first-order chi connectivity index (χ1) is 15.1. The van der Waals surface area contributed by atoms with Gasteiger partial charge in [-0.15, -0.1) is 0 Å². The largest absolute Gasteiger partial charge is 0.542 e. The topological polar surface area (TPSA) is 40.0 Å². The highest BCUT2D eigenvalue weighted by Crippen LogP contribution is 2.34. The maximum Gasteiger partial charge on any atom is 0.242 e. The van der Waals surface area contributed by atoms with E-state index in [0.29, 0.717) is 23.3 Å². The predicted molar refractivity (Wildman–Crippen MR) is 123 cm³/mol. The van der Waals surface area contributed by atoms with E-state index in [-0.39, 0.29) is 6.54 Å². The summed E-state index contributed by atoms with van der Waals surface area (Å²) in [4.78, 5) is 3.94. The Balaban J connectivity index is 2.39. The molecule has 0 aliphatic rings. The predicted octanol–water partition coefficient (Wildman–Crippen LogP) is 6.62. The van der Waals surface area contributed by atoms with Crippen molar-refractivity contribution in [2.75, 3.05) is 13.7 Å². The molecule has 2 aromatic rings. The number of halogens is 5. The molecule has 0 saturated heterocycles. The third-order valence-electron chi connectivity index (χ3n) is 4.21. The van der Waals surface area contributed by atoms with E-state index < -0.39 is 57.4 Å². The lowest BCUT2D eigenvalue weighted by atomic mass is 10.1. The molecular weight excluding hydrogens is 477 g/mol. The second kappa shape index (κ2) is 10.3. The molecule has 2 rings (SSSR count). The van der Waals surface area contributed by atoms with Crippen molar-refractivity contribution < 1.29 is 35.5 Å². The second-order valence-corrected chi connectivity index (χ2v) is 18.2. The van der Waals surface area contributed by atoms with Crippen LogP contribution in [0.4, 0.5) is 22.0 Å². The molecule has 1 atom stereocenters. The van der Waals surface area contributed by atoms with Gasteiger partial charge in [-0.05, 0) is 57.0 Å². The van der Waals surface area contributed by atoms with Crippen molar-refractivity contribution in [3.63, 3.8) is 0 Å². The molecule has 0 aliphatic carbocycles. The summed E-state index contributed by atoms with van der Waals surface area (Å²) in [5.41, 5.74) is -0.429. The van der Waals surface area contributed by atoms with Gasteiger partial charge in [-0.2, -0.15) is 0 Å². The van der Waals surface area contributed by atoms with E-state index in [9.17, 15) is 22.0 Å². The van der Waals surface area contributed by atoms with Gasteiger partial charge in [0.1, 0.15) is 5.75 Å². The second-order valence-electron chi connectivity index (χ2n) is 9.32. The Morgan fingerprint density at radius 2 is 1.36 bits per heavy atom. The molecular formula is C22H28F5NO3Si2. The van der Waals surface area contributed by atoms with Gasteiger partial charge in [-0.1, -0.05) is 6.07 Å². The van der Waals surface area contributed by atoms with Crippen molar-refractivity contribution in [2.24, 2.45) is 4.99 Å². The highest BCUT2D eigenvalue weighted by Gasteiger charge is 2.26. The molecule has 0 N–H and O–H groups in total. The van der Waals surface area contributed by atoms with Gasteiger partial charge in [0.05, 0.1) is 25.3 Å². The average Bonchev–Trinajstić information content (AvgIpc) is 2.70. The zero-order valence-corrected chi connectivity index (χ0v) is 21.7. The first-order valence-electron chi connectivity index (χ1n) is 10.2. The van der Waals surface area contributed by atoms with Crippen LogP contribution in [-0.4, -0.2) is 36.5 Å². The molecule has 1 unspecified atom stereocenters. The van der Waals surface area contributed by atoms with Crippen LogP contribution in [0.1, 0.15) is 17.2 Å². The van der Waals surface area contributed by atoms with E-state index in [4.69, 9.17) is 13.6 Å². The van der Waals surface area contributed by atoms with Crippen LogP contribution >= 0.6 is 0 Å². The Hall–Kier alpha value is -2.25. The molecule has 0 bridgehead atoms. The van der Waals surface area contributed by atoms with Gasteiger partial charge in [-0.3, -0.25) is 4.99 Å². The van der Waals surface area contributed by atoms with Crippen LogP contribution in [0.5, 0.6) is 11.5 Å². The molecule has 0 amide bonds. The minimum absolute atomic E-state index is 0.110. The Bertz CT molecular complexity index is 1010.